The largest absolute Gasteiger partial charge is 0.369 e. The van der Waals surface area contributed by atoms with Gasteiger partial charge in [-0.2, -0.15) is 0 Å². The Hall–Kier alpha value is -2.04. The van der Waals surface area contributed by atoms with Crippen molar-refractivity contribution in [2.75, 3.05) is 11.9 Å². The topological polar surface area (TPSA) is 8.17 Å². The standard InChI is InChI=1S/C19H16Cl2F2N2/c1-24(11-14-3-4-15(22)9-19(14)23)16-6-7-25(12-16)10-13-2-5-17(20)18(21)8-13/h2-9,12H,10-11H2,1H3. The van der Waals surface area contributed by atoms with Crippen molar-refractivity contribution in [2.45, 2.75) is 13.1 Å². The number of benzene rings is 2. The lowest BCUT2D eigenvalue weighted by molar-refractivity contribution is 0.571. The molecular weight excluding hydrogens is 365 g/mol. The van der Waals surface area contributed by atoms with Crippen LogP contribution in [0.15, 0.2) is 54.9 Å². The first-order chi connectivity index (χ1) is 11.9. The average molecular weight is 381 g/mol. The SMILES string of the molecule is CN(Cc1ccc(F)cc1F)c1ccn(Cc2ccc(Cl)c(Cl)c2)c1. The van der Waals surface area contributed by atoms with Crippen LogP contribution in [0.4, 0.5) is 14.5 Å². The van der Waals surface area contributed by atoms with Crippen LogP contribution >= 0.6 is 23.2 Å². The summed E-state index contributed by atoms with van der Waals surface area (Å²) >= 11 is 12.0. The number of rotatable bonds is 5. The highest BCUT2D eigenvalue weighted by atomic mass is 35.5. The summed E-state index contributed by atoms with van der Waals surface area (Å²) in [5.74, 6) is -1.11. The zero-order valence-corrected chi connectivity index (χ0v) is 15.0. The molecule has 0 bridgehead atoms. The first-order valence-corrected chi connectivity index (χ1v) is 8.43. The second-order valence-electron chi connectivity index (χ2n) is 5.88. The van der Waals surface area contributed by atoms with Crippen LogP contribution in [-0.4, -0.2) is 11.6 Å². The van der Waals surface area contributed by atoms with Gasteiger partial charge in [0.1, 0.15) is 11.6 Å². The molecule has 0 aliphatic carbocycles. The number of nitrogens with zero attached hydrogens (tertiary/aromatic N) is 2. The summed E-state index contributed by atoms with van der Waals surface area (Å²) in [4.78, 5) is 1.90. The summed E-state index contributed by atoms with van der Waals surface area (Å²) in [6.45, 7) is 0.999. The molecule has 0 spiro atoms. The number of hydrogen-bond donors (Lipinski definition) is 0. The minimum Gasteiger partial charge on any atom is -0.369 e. The third-order valence-electron chi connectivity index (χ3n) is 3.95. The molecule has 0 aliphatic rings. The maximum Gasteiger partial charge on any atom is 0.131 e. The average Bonchev–Trinajstić information content (AvgIpc) is 3.02. The number of aromatic nitrogens is 1. The predicted molar refractivity (Wildman–Crippen MR) is 98.5 cm³/mol. The molecular formula is C19H16Cl2F2N2. The molecule has 0 atom stereocenters. The van der Waals surface area contributed by atoms with E-state index in [9.17, 15) is 8.78 Å². The van der Waals surface area contributed by atoms with Crippen LogP contribution in [0.25, 0.3) is 0 Å². The van der Waals surface area contributed by atoms with Crippen molar-refractivity contribution in [1.29, 1.82) is 0 Å². The van der Waals surface area contributed by atoms with Crippen LogP contribution < -0.4 is 4.90 Å². The van der Waals surface area contributed by atoms with Gasteiger partial charge in [0, 0.05) is 44.2 Å². The zero-order chi connectivity index (χ0) is 18.0. The highest BCUT2D eigenvalue weighted by Crippen LogP contribution is 2.24. The normalized spacial score (nSPS) is 10.9. The molecule has 0 saturated heterocycles. The monoisotopic (exact) mass is 380 g/mol. The molecule has 0 fully saturated rings. The summed E-state index contributed by atoms with van der Waals surface area (Å²) in [5.41, 5.74) is 2.41. The summed E-state index contributed by atoms with van der Waals surface area (Å²) in [7, 11) is 1.86. The van der Waals surface area contributed by atoms with E-state index in [-0.39, 0.29) is 0 Å². The molecule has 0 unspecified atom stereocenters. The van der Waals surface area contributed by atoms with Gasteiger partial charge in [0.2, 0.25) is 0 Å². The summed E-state index contributed by atoms with van der Waals surface area (Å²) < 4.78 is 28.8. The van der Waals surface area contributed by atoms with E-state index in [2.05, 4.69) is 0 Å². The van der Waals surface area contributed by atoms with E-state index in [1.807, 2.05) is 47.1 Å². The molecule has 3 aromatic rings. The lowest BCUT2D eigenvalue weighted by Crippen LogP contribution is -2.16. The quantitative estimate of drug-likeness (QED) is 0.546. The molecule has 2 aromatic carbocycles. The van der Waals surface area contributed by atoms with Crippen LogP contribution in [0.2, 0.25) is 10.0 Å². The molecule has 6 heteroatoms. The molecule has 0 saturated carbocycles. The number of hydrogen-bond acceptors (Lipinski definition) is 1. The van der Waals surface area contributed by atoms with Gasteiger partial charge in [-0.05, 0) is 29.8 Å². The van der Waals surface area contributed by atoms with Crippen LogP contribution in [0.5, 0.6) is 0 Å². The van der Waals surface area contributed by atoms with Crippen molar-refractivity contribution in [3.63, 3.8) is 0 Å². The van der Waals surface area contributed by atoms with Gasteiger partial charge in [-0.3, -0.25) is 0 Å². The molecule has 1 heterocycles. The van der Waals surface area contributed by atoms with E-state index in [0.717, 1.165) is 17.3 Å². The Morgan fingerprint density at radius 2 is 1.80 bits per heavy atom. The molecule has 0 aliphatic heterocycles. The third-order valence-corrected chi connectivity index (χ3v) is 4.69. The fourth-order valence-corrected chi connectivity index (χ4v) is 2.92. The number of halogens is 4. The Kier molecular flexibility index (Phi) is 5.30. The Morgan fingerprint density at radius 3 is 2.52 bits per heavy atom. The molecule has 0 amide bonds. The summed E-state index contributed by atoms with van der Waals surface area (Å²) in [5, 5.41) is 1.05. The van der Waals surface area contributed by atoms with Gasteiger partial charge in [-0.25, -0.2) is 8.78 Å². The zero-order valence-electron chi connectivity index (χ0n) is 13.5. The second-order valence-corrected chi connectivity index (χ2v) is 6.70. The smallest absolute Gasteiger partial charge is 0.131 e. The van der Waals surface area contributed by atoms with E-state index in [1.165, 1.54) is 12.1 Å². The van der Waals surface area contributed by atoms with Gasteiger partial charge in [-0.15, -0.1) is 0 Å². The van der Waals surface area contributed by atoms with Crippen molar-refractivity contribution in [3.8, 4) is 0 Å². The van der Waals surface area contributed by atoms with Gasteiger partial charge in [0.05, 0.1) is 15.7 Å². The van der Waals surface area contributed by atoms with Gasteiger partial charge in [0.25, 0.3) is 0 Å². The van der Waals surface area contributed by atoms with Crippen LogP contribution in [0.1, 0.15) is 11.1 Å². The Morgan fingerprint density at radius 1 is 1.00 bits per heavy atom. The fourth-order valence-electron chi connectivity index (χ4n) is 2.60. The first kappa shape index (κ1) is 17.8. The molecule has 2 nitrogen and oxygen atoms in total. The first-order valence-electron chi connectivity index (χ1n) is 7.67. The Bertz CT molecular complexity index is 893. The van der Waals surface area contributed by atoms with E-state index in [0.29, 0.717) is 28.7 Å². The minimum absolute atomic E-state index is 0.350. The summed E-state index contributed by atoms with van der Waals surface area (Å²) in [6.07, 6.45) is 3.90. The minimum atomic E-state index is -0.573. The van der Waals surface area contributed by atoms with Crippen LogP contribution in [0.3, 0.4) is 0 Å². The van der Waals surface area contributed by atoms with Gasteiger partial charge in [-0.1, -0.05) is 35.3 Å². The summed E-state index contributed by atoms with van der Waals surface area (Å²) in [6, 6.07) is 11.1. The third kappa shape index (κ3) is 4.33. The van der Waals surface area contributed by atoms with Crippen molar-refractivity contribution >= 4 is 28.9 Å². The van der Waals surface area contributed by atoms with E-state index < -0.39 is 11.6 Å². The molecule has 0 radical (unpaired) electrons. The highest BCUT2D eigenvalue weighted by Gasteiger charge is 2.09. The van der Waals surface area contributed by atoms with Crippen molar-refractivity contribution in [1.82, 2.24) is 4.57 Å². The van der Waals surface area contributed by atoms with E-state index in [1.54, 1.807) is 6.07 Å². The van der Waals surface area contributed by atoms with Crippen molar-refractivity contribution in [2.24, 2.45) is 0 Å². The Labute approximate surface area is 155 Å². The lowest BCUT2D eigenvalue weighted by Gasteiger charge is -2.18. The van der Waals surface area contributed by atoms with E-state index >= 15 is 0 Å². The van der Waals surface area contributed by atoms with Crippen molar-refractivity contribution < 1.29 is 8.78 Å². The lowest BCUT2D eigenvalue weighted by atomic mass is 10.2. The van der Waals surface area contributed by atoms with E-state index in [4.69, 9.17) is 23.2 Å². The molecule has 3 rings (SSSR count). The fraction of sp³-hybridized carbons (Fsp3) is 0.158. The highest BCUT2D eigenvalue weighted by molar-refractivity contribution is 6.42. The maximum atomic E-state index is 13.8. The van der Waals surface area contributed by atoms with Gasteiger partial charge >= 0.3 is 0 Å². The molecule has 130 valence electrons. The van der Waals surface area contributed by atoms with Crippen LogP contribution in [0, 0.1) is 11.6 Å². The Balaban J connectivity index is 1.70. The van der Waals surface area contributed by atoms with Gasteiger partial charge < -0.3 is 9.47 Å². The number of anilines is 1. The molecule has 25 heavy (non-hydrogen) atoms. The molecule has 0 N–H and O–H groups in total. The predicted octanol–water partition coefficient (Wildman–Crippen LogP) is 5.76. The van der Waals surface area contributed by atoms with Crippen molar-refractivity contribution in [3.05, 3.63) is 87.7 Å². The molecule has 1 aromatic heterocycles. The van der Waals surface area contributed by atoms with Crippen LogP contribution in [-0.2, 0) is 13.1 Å². The second kappa shape index (κ2) is 7.46. The maximum absolute atomic E-state index is 13.8. The van der Waals surface area contributed by atoms with Gasteiger partial charge in [0.15, 0.2) is 0 Å².